The summed E-state index contributed by atoms with van der Waals surface area (Å²) in [5, 5.41) is 9.55. The molecule has 5 nitrogen and oxygen atoms in total. The number of benzene rings is 2. The third-order valence-corrected chi connectivity index (χ3v) is 5.30. The fourth-order valence-corrected chi connectivity index (χ4v) is 3.33. The summed E-state index contributed by atoms with van der Waals surface area (Å²) in [4.78, 5) is 22.5. The molecule has 0 fully saturated rings. The Labute approximate surface area is 178 Å². The van der Waals surface area contributed by atoms with Crippen LogP contribution in [0.4, 0.5) is 5.95 Å². The second-order valence-corrected chi connectivity index (χ2v) is 7.89. The highest BCUT2D eigenvalue weighted by atomic mass is 16.4. The molecular formula is C25H29N3O2. The van der Waals surface area contributed by atoms with Crippen molar-refractivity contribution in [1.29, 1.82) is 0 Å². The molecule has 0 aliphatic heterocycles. The monoisotopic (exact) mass is 403 g/mol. The average molecular weight is 404 g/mol. The Bertz CT molecular complexity index is 969. The smallest absolute Gasteiger partial charge is 0.339 e. The van der Waals surface area contributed by atoms with Crippen LogP contribution in [0.15, 0.2) is 60.8 Å². The summed E-state index contributed by atoms with van der Waals surface area (Å²) < 4.78 is 0. The largest absolute Gasteiger partial charge is 0.478 e. The van der Waals surface area contributed by atoms with Crippen molar-refractivity contribution in [2.45, 2.75) is 39.0 Å². The van der Waals surface area contributed by atoms with Crippen LogP contribution in [0.25, 0.3) is 0 Å². The second kappa shape index (κ2) is 10.0. The maximum Gasteiger partial charge on any atom is 0.339 e. The molecule has 0 aliphatic rings. The molecule has 0 radical (unpaired) electrons. The zero-order valence-corrected chi connectivity index (χ0v) is 17.9. The first-order valence-electron chi connectivity index (χ1n) is 10.4. The Hall–Kier alpha value is -3.21. The Balaban J connectivity index is 1.71. The summed E-state index contributed by atoms with van der Waals surface area (Å²) in [5.41, 5.74) is 4.47. The van der Waals surface area contributed by atoms with Crippen LogP contribution in [0.2, 0.25) is 0 Å². The number of anilines is 1. The van der Waals surface area contributed by atoms with Crippen LogP contribution >= 0.6 is 0 Å². The molecule has 2 aromatic carbocycles. The van der Waals surface area contributed by atoms with Gasteiger partial charge in [-0.25, -0.2) is 14.8 Å². The Morgan fingerprint density at radius 3 is 2.27 bits per heavy atom. The van der Waals surface area contributed by atoms with Crippen LogP contribution in [0.1, 0.15) is 52.5 Å². The van der Waals surface area contributed by atoms with Gasteiger partial charge in [-0.05, 0) is 41.9 Å². The lowest BCUT2D eigenvalue weighted by Gasteiger charge is -2.18. The van der Waals surface area contributed by atoms with E-state index in [1.54, 1.807) is 0 Å². The maximum atomic E-state index is 11.7. The number of aromatic carboxylic acids is 1. The van der Waals surface area contributed by atoms with Crippen molar-refractivity contribution < 1.29 is 9.90 Å². The zero-order chi connectivity index (χ0) is 21.5. The molecule has 0 spiro atoms. The minimum absolute atomic E-state index is 0.175. The Morgan fingerprint density at radius 2 is 1.63 bits per heavy atom. The van der Waals surface area contributed by atoms with Crippen LogP contribution < -0.4 is 4.90 Å². The maximum absolute atomic E-state index is 11.7. The van der Waals surface area contributed by atoms with Gasteiger partial charge in [0.15, 0.2) is 0 Å². The summed E-state index contributed by atoms with van der Waals surface area (Å²) in [6, 6.07) is 18.8. The minimum atomic E-state index is -0.987. The molecule has 5 heteroatoms. The highest BCUT2D eigenvalue weighted by Gasteiger charge is 2.15. The Kier molecular flexibility index (Phi) is 7.17. The van der Waals surface area contributed by atoms with Gasteiger partial charge in [-0.3, -0.25) is 0 Å². The molecule has 156 valence electrons. The number of carbonyl (C=O) groups is 1. The van der Waals surface area contributed by atoms with E-state index in [2.05, 4.69) is 60.2 Å². The molecule has 0 bridgehead atoms. The van der Waals surface area contributed by atoms with E-state index in [0.29, 0.717) is 24.0 Å². The number of aromatic nitrogens is 2. The highest BCUT2D eigenvalue weighted by Crippen LogP contribution is 2.18. The molecule has 0 atom stereocenters. The average Bonchev–Trinajstić information content (AvgIpc) is 2.76. The van der Waals surface area contributed by atoms with Crippen LogP contribution in [-0.2, 0) is 19.3 Å². The first kappa shape index (κ1) is 21.5. The van der Waals surface area contributed by atoms with E-state index in [4.69, 9.17) is 0 Å². The first-order valence-corrected chi connectivity index (χ1v) is 10.4. The molecule has 0 aliphatic carbocycles. The number of hydrogen-bond donors (Lipinski definition) is 1. The molecular weight excluding hydrogens is 374 g/mol. The molecule has 0 saturated heterocycles. The standard InChI is InChI=1S/C25H29N3O2/c1-18(2)21-12-9-20(10-13-21)11-14-23-22(24(29)30)17-26-25(27-23)28(3)16-15-19-7-5-4-6-8-19/h4-10,12-13,17-18H,11,14-16H2,1-3H3,(H,29,30). The van der Waals surface area contributed by atoms with E-state index < -0.39 is 5.97 Å². The summed E-state index contributed by atoms with van der Waals surface area (Å²) in [6.45, 7) is 5.10. The molecule has 1 N–H and O–H groups in total. The van der Waals surface area contributed by atoms with Crippen molar-refractivity contribution in [3.63, 3.8) is 0 Å². The lowest BCUT2D eigenvalue weighted by Crippen LogP contribution is -2.24. The predicted octanol–water partition coefficient (Wildman–Crippen LogP) is 4.76. The molecule has 1 aromatic heterocycles. The molecule has 0 unspecified atom stereocenters. The second-order valence-electron chi connectivity index (χ2n) is 7.89. The topological polar surface area (TPSA) is 66.3 Å². The van der Waals surface area contributed by atoms with Gasteiger partial charge in [-0.2, -0.15) is 0 Å². The van der Waals surface area contributed by atoms with E-state index >= 15 is 0 Å². The van der Waals surface area contributed by atoms with Crippen molar-refractivity contribution in [1.82, 2.24) is 9.97 Å². The van der Waals surface area contributed by atoms with Crippen molar-refractivity contribution >= 4 is 11.9 Å². The number of carboxylic acid groups (broad SMARTS) is 1. The normalized spacial score (nSPS) is 10.9. The Morgan fingerprint density at radius 1 is 0.967 bits per heavy atom. The summed E-state index contributed by atoms with van der Waals surface area (Å²) in [5.74, 6) is 0.0632. The van der Waals surface area contributed by atoms with E-state index in [1.165, 1.54) is 22.9 Å². The third-order valence-electron chi connectivity index (χ3n) is 5.30. The van der Waals surface area contributed by atoms with Gasteiger partial charge >= 0.3 is 5.97 Å². The van der Waals surface area contributed by atoms with E-state index in [1.807, 2.05) is 30.1 Å². The molecule has 3 rings (SSSR count). The fraction of sp³-hybridized carbons (Fsp3) is 0.320. The molecule has 30 heavy (non-hydrogen) atoms. The molecule has 1 heterocycles. The third kappa shape index (κ3) is 5.66. The molecule has 0 amide bonds. The SMILES string of the molecule is CC(C)c1ccc(CCc2nc(N(C)CCc3ccccc3)ncc2C(=O)O)cc1. The van der Waals surface area contributed by atoms with Crippen LogP contribution in [0, 0.1) is 0 Å². The van der Waals surface area contributed by atoms with Gasteiger partial charge in [0.1, 0.15) is 0 Å². The van der Waals surface area contributed by atoms with Gasteiger partial charge < -0.3 is 10.0 Å². The van der Waals surface area contributed by atoms with Crippen LogP contribution in [-0.4, -0.2) is 34.6 Å². The minimum Gasteiger partial charge on any atom is -0.478 e. The van der Waals surface area contributed by atoms with Crippen molar-refractivity contribution in [3.8, 4) is 0 Å². The summed E-state index contributed by atoms with van der Waals surface area (Å²) in [6.07, 6.45) is 3.60. The predicted molar refractivity (Wildman–Crippen MR) is 120 cm³/mol. The van der Waals surface area contributed by atoms with Gasteiger partial charge in [0, 0.05) is 19.8 Å². The number of nitrogens with zero attached hydrogens (tertiary/aromatic N) is 3. The lowest BCUT2D eigenvalue weighted by molar-refractivity contribution is 0.0694. The fourth-order valence-electron chi connectivity index (χ4n) is 3.33. The van der Waals surface area contributed by atoms with E-state index in [9.17, 15) is 9.90 Å². The highest BCUT2D eigenvalue weighted by molar-refractivity contribution is 5.88. The van der Waals surface area contributed by atoms with Crippen molar-refractivity contribution in [2.24, 2.45) is 0 Å². The number of hydrogen-bond acceptors (Lipinski definition) is 4. The van der Waals surface area contributed by atoms with Crippen LogP contribution in [0.5, 0.6) is 0 Å². The number of rotatable bonds is 9. The molecule has 0 saturated carbocycles. The number of likely N-dealkylation sites (N-methyl/N-ethyl adjacent to an activating group) is 1. The zero-order valence-electron chi connectivity index (χ0n) is 17.9. The van der Waals surface area contributed by atoms with Gasteiger partial charge in [0.2, 0.25) is 5.95 Å². The van der Waals surface area contributed by atoms with Gasteiger partial charge in [0.05, 0.1) is 11.3 Å². The van der Waals surface area contributed by atoms with Gasteiger partial charge in [-0.1, -0.05) is 68.4 Å². The van der Waals surface area contributed by atoms with E-state index in [-0.39, 0.29) is 5.56 Å². The quantitative estimate of drug-likeness (QED) is 0.558. The van der Waals surface area contributed by atoms with Crippen molar-refractivity contribution in [3.05, 3.63) is 88.7 Å². The summed E-state index contributed by atoms with van der Waals surface area (Å²) in [7, 11) is 1.94. The molecule has 3 aromatic rings. The van der Waals surface area contributed by atoms with E-state index in [0.717, 1.165) is 19.4 Å². The number of carboxylic acids is 1. The number of aryl methyl sites for hydroxylation is 2. The first-order chi connectivity index (χ1) is 14.4. The summed E-state index contributed by atoms with van der Waals surface area (Å²) >= 11 is 0. The lowest BCUT2D eigenvalue weighted by atomic mass is 9.99. The van der Waals surface area contributed by atoms with Crippen molar-refractivity contribution in [2.75, 3.05) is 18.5 Å². The van der Waals surface area contributed by atoms with Gasteiger partial charge in [-0.15, -0.1) is 0 Å². The van der Waals surface area contributed by atoms with Crippen LogP contribution in [0.3, 0.4) is 0 Å². The van der Waals surface area contributed by atoms with Gasteiger partial charge in [0.25, 0.3) is 0 Å².